The fraction of sp³-hybridized carbons (Fsp3) is 0.800. The zero-order chi connectivity index (χ0) is 13.2. The van der Waals surface area contributed by atoms with Crippen molar-refractivity contribution in [1.29, 1.82) is 0 Å². The number of nitrogens with zero attached hydrogens (tertiary/aromatic N) is 4. The third-order valence-electron chi connectivity index (χ3n) is 2.94. The average molecular weight is 290 g/mol. The lowest BCUT2D eigenvalue weighted by molar-refractivity contribution is 0.278. The molecule has 102 valence electrons. The molecule has 0 bridgehead atoms. The van der Waals surface area contributed by atoms with Crippen molar-refractivity contribution in [2.75, 3.05) is 32.4 Å². The predicted octanol–water partition coefficient (Wildman–Crippen LogP) is 0.314. The minimum atomic E-state index is -3.06. The molecule has 0 spiro atoms. The van der Waals surface area contributed by atoms with Gasteiger partial charge in [0.05, 0.1) is 12.8 Å². The molecule has 0 aliphatic carbocycles. The Kier molecular flexibility index (Phi) is 4.31. The van der Waals surface area contributed by atoms with Crippen molar-refractivity contribution in [2.45, 2.75) is 19.9 Å². The Balaban J connectivity index is 1.93. The normalized spacial score (nSPS) is 19.9. The second kappa shape index (κ2) is 5.60. The van der Waals surface area contributed by atoms with Crippen LogP contribution in [0.1, 0.15) is 16.4 Å². The SMILES string of the molecule is Cc1nnc(CN2CCCN(S(C)(=O)=O)CC2)s1. The van der Waals surface area contributed by atoms with E-state index in [1.54, 1.807) is 15.6 Å². The topological polar surface area (TPSA) is 66.4 Å². The van der Waals surface area contributed by atoms with E-state index in [-0.39, 0.29) is 0 Å². The van der Waals surface area contributed by atoms with Gasteiger partial charge in [0.25, 0.3) is 0 Å². The Hall–Kier alpha value is -0.570. The summed E-state index contributed by atoms with van der Waals surface area (Å²) < 4.78 is 24.5. The fourth-order valence-electron chi connectivity index (χ4n) is 2.03. The Bertz CT molecular complexity index is 500. The van der Waals surface area contributed by atoms with Crippen LogP contribution in [0, 0.1) is 6.92 Å². The van der Waals surface area contributed by atoms with Gasteiger partial charge in [0.15, 0.2) is 0 Å². The zero-order valence-electron chi connectivity index (χ0n) is 10.7. The monoisotopic (exact) mass is 290 g/mol. The minimum absolute atomic E-state index is 0.566. The highest BCUT2D eigenvalue weighted by Gasteiger charge is 2.21. The molecule has 0 saturated carbocycles. The van der Waals surface area contributed by atoms with E-state index in [9.17, 15) is 8.42 Å². The molecule has 0 aromatic carbocycles. The maximum Gasteiger partial charge on any atom is 0.211 e. The Labute approximate surface area is 112 Å². The molecule has 1 aromatic rings. The molecule has 1 fully saturated rings. The van der Waals surface area contributed by atoms with Gasteiger partial charge in [0, 0.05) is 19.6 Å². The number of hydrogen-bond acceptors (Lipinski definition) is 6. The minimum Gasteiger partial charge on any atom is -0.295 e. The Morgan fingerprint density at radius 3 is 2.61 bits per heavy atom. The molecular formula is C10H18N4O2S2. The number of hydrogen-bond donors (Lipinski definition) is 0. The first kappa shape index (κ1) is 13.9. The second-order valence-electron chi connectivity index (χ2n) is 4.51. The van der Waals surface area contributed by atoms with Crippen LogP contribution >= 0.6 is 11.3 Å². The molecule has 2 rings (SSSR count). The van der Waals surface area contributed by atoms with E-state index < -0.39 is 10.0 Å². The van der Waals surface area contributed by atoms with E-state index in [0.29, 0.717) is 13.1 Å². The Morgan fingerprint density at radius 1 is 1.22 bits per heavy atom. The van der Waals surface area contributed by atoms with E-state index in [0.717, 1.165) is 36.1 Å². The maximum absolute atomic E-state index is 11.5. The highest BCUT2D eigenvalue weighted by atomic mass is 32.2. The maximum atomic E-state index is 11.5. The summed E-state index contributed by atoms with van der Waals surface area (Å²) in [5, 5.41) is 10.1. The van der Waals surface area contributed by atoms with Gasteiger partial charge in [-0.05, 0) is 19.9 Å². The molecule has 1 saturated heterocycles. The number of rotatable bonds is 3. The van der Waals surface area contributed by atoms with Gasteiger partial charge >= 0.3 is 0 Å². The summed E-state index contributed by atoms with van der Waals surface area (Å²) in [6, 6.07) is 0. The smallest absolute Gasteiger partial charge is 0.211 e. The van der Waals surface area contributed by atoms with Crippen molar-refractivity contribution >= 4 is 21.4 Å². The van der Waals surface area contributed by atoms with E-state index in [1.807, 2.05) is 6.92 Å². The van der Waals surface area contributed by atoms with Crippen molar-refractivity contribution in [1.82, 2.24) is 19.4 Å². The summed E-state index contributed by atoms with van der Waals surface area (Å²) in [5.74, 6) is 0. The largest absolute Gasteiger partial charge is 0.295 e. The van der Waals surface area contributed by atoms with Crippen LogP contribution < -0.4 is 0 Å². The number of aryl methyl sites for hydroxylation is 1. The van der Waals surface area contributed by atoms with Gasteiger partial charge in [-0.2, -0.15) is 0 Å². The van der Waals surface area contributed by atoms with Gasteiger partial charge in [-0.25, -0.2) is 12.7 Å². The summed E-state index contributed by atoms with van der Waals surface area (Å²) in [7, 11) is -3.06. The van der Waals surface area contributed by atoms with Gasteiger partial charge in [-0.1, -0.05) is 0 Å². The first-order valence-electron chi connectivity index (χ1n) is 5.91. The standard InChI is InChI=1S/C10H18N4O2S2/c1-9-11-12-10(17-9)8-13-4-3-5-14(7-6-13)18(2,15)16/h3-8H2,1-2H3. The summed E-state index contributed by atoms with van der Waals surface area (Å²) in [6.07, 6.45) is 2.14. The highest BCUT2D eigenvalue weighted by molar-refractivity contribution is 7.88. The summed E-state index contributed by atoms with van der Waals surface area (Å²) in [6.45, 7) is 5.55. The molecule has 0 radical (unpaired) electrons. The summed E-state index contributed by atoms with van der Waals surface area (Å²) in [4.78, 5) is 2.24. The van der Waals surface area contributed by atoms with Crippen molar-refractivity contribution in [2.24, 2.45) is 0 Å². The molecule has 18 heavy (non-hydrogen) atoms. The molecule has 6 nitrogen and oxygen atoms in total. The van der Waals surface area contributed by atoms with E-state index in [4.69, 9.17) is 0 Å². The van der Waals surface area contributed by atoms with Crippen molar-refractivity contribution in [3.8, 4) is 0 Å². The molecule has 0 unspecified atom stereocenters. The molecule has 0 N–H and O–H groups in total. The van der Waals surface area contributed by atoms with Gasteiger partial charge < -0.3 is 0 Å². The summed E-state index contributed by atoms with van der Waals surface area (Å²) in [5.41, 5.74) is 0. The van der Waals surface area contributed by atoms with Crippen LogP contribution in [0.2, 0.25) is 0 Å². The van der Waals surface area contributed by atoms with Crippen LogP contribution in [0.15, 0.2) is 0 Å². The van der Waals surface area contributed by atoms with E-state index in [2.05, 4.69) is 15.1 Å². The lowest BCUT2D eigenvalue weighted by Crippen LogP contribution is -2.34. The third kappa shape index (κ3) is 3.71. The second-order valence-corrected chi connectivity index (χ2v) is 7.76. The molecule has 0 amide bonds. The van der Waals surface area contributed by atoms with Crippen LogP contribution in [0.3, 0.4) is 0 Å². The third-order valence-corrected chi connectivity index (χ3v) is 5.07. The zero-order valence-corrected chi connectivity index (χ0v) is 12.3. The molecule has 2 heterocycles. The quantitative estimate of drug-likeness (QED) is 0.802. The summed E-state index contributed by atoms with van der Waals surface area (Å²) >= 11 is 1.60. The van der Waals surface area contributed by atoms with Crippen LogP contribution in [0.5, 0.6) is 0 Å². The van der Waals surface area contributed by atoms with Crippen molar-refractivity contribution < 1.29 is 8.42 Å². The fourth-order valence-corrected chi connectivity index (χ4v) is 3.66. The first-order chi connectivity index (χ1) is 8.45. The van der Waals surface area contributed by atoms with Crippen LogP contribution in [-0.4, -0.2) is 60.3 Å². The van der Waals surface area contributed by atoms with Crippen molar-refractivity contribution in [3.05, 3.63) is 10.0 Å². The molecule has 1 aliphatic heterocycles. The molecule has 1 aromatic heterocycles. The highest BCUT2D eigenvalue weighted by Crippen LogP contribution is 2.13. The van der Waals surface area contributed by atoms with Crippen LogP contribution in [0.25, 0.3) is 0 Å². The number of aromatic nitrogens is 2. The van der Waals surface area contributed by atoms with Gasteiger partial charge in [0.1, 0.15) is 10.0 Å². The predicted molar refractivity (Wildman–Crippen MR) is 71.0 cm³/mol. The van der Waals surface area contributed by atoms with E-state index in [1.165, 1.54) is 6.26 Å². The molecule has 0 atom stereocenters. The molecule has 1 aliphatic rings. The van der Waals surface area contributed by atoms with Crippen LogP contribution in [-0.2, 0) is 16.6 Å². The lowest BCUT2D eigenvalue weighted by Gasteiger charge is -2.19. The number of sulfonamides is 1. The van der Waals surface area contributed by atoms with Gasteiger partial charge in [-0.15, -0.1) is 21.5 Å². The molecule has 8 heteroatoms. The van der Waals surface area contributed by atoms with E-state index >= 15 is 0 Å². The molecular weight excluding hydrogens is 272 g/mol. The van der Waals surface area contributed by atoms with Gasteiger partial charge in [0.2, 0.25) is 10.0 Å². The van der Waals surface area contributed by atoms with Crippen molar-refractivity contribution in [3.63, 3.8) is 0 Å². The lowest BCUT2D eigenvalue weighted by atomic mass is 10.4. The van der Waals surface area contributed by atoms with Gasteiger partial charge in [-0.3, -0.25) is 4.90 Å². The first-order valence-corrected chi connectivity index (χ1v) is 8.58. The Morgan fingerprint density at radius 2 is 2.00 bits per heavy atom. The van der Waals surface area contributed by atoms with Crippen LogP contribution in [0.4, 0.5) is 0 Å². The average Bonchev–Trinajstić information content (AvgIpc) is 2.53.